The maximum atomic E-state index is 12.7. The first-order valence-corrected chi connectivity index (χ1v) is 7.38. The van der Waals surface area contributed by atoms with Crippen molar-refractivity contribution in [1.29, 1.82) is 0 Å². The fraction of sp³-hybridized carbons (Fsp3) is 0.562. The van der Waals surface area contributed by atoms with Crippen molar-refractivity contribution >= 4 is 18.3 Å². The molecule has 3 unspecified atom stereocenters. The highest BCUT2D eigenvalue weighted by atomic mass is 35.5. The van der Waals surface area contributed by atoms with Gasteiger partial charge in [-0.05, 0) is 38.2 Å². The second-order valence-electron chi connectivity index (χ2n) is 6.14. The molecule has 1 aromatic carbocycles. The van der Waals surface area contributed by atoms with Crippen molar-refractivity contribution in [2.24, 2.45) is 5.73 Å². The zero-order valence-electron chi connectivity index (χ0n) is 12.2. The van der Waals surface area contributed by atoms with Gasteiger partial charge in [-0.25, -0.2) is 0 Å². The zero-order chi connectivity index (χ0) is 14.3. The summed E-state index contributed by atoms with van der Waals surface area (Å²) in [7, 11) is 0. The molecule has 2 saturated heterocycles. The minimum Gasteiger partial charge on any atom is -0.393 e. The Labute approximate surface area is 131 Å². The lowest BCUT2D eigenvalue weighted by Crippen LogP contribution is -2.50. The van der Waals surface area contributed by atoms with E-state index in [9.17, 15) is 9.90 Å². The minimum absolute atomic E-state index is 0. The Kier molecular flexibility index (Phi) is 4.91. The first kappa shape index (κ1) is 16.3. The summed E-state index contributed by atoms with van der Waals surface area (Å²) in [6.07, 6.45) is 3.13. The molecule has 1 aromatic rings. The van der Waals surface area contributed by atoms with Crippen LogP contribution in [0.2, 0.25) is 0 Å². The minimum atomic E-state index is -0.589. The molecule has 2 aliphatic heterocycles. The van der Waals surface area contributed by atoms with Gasteiger partial charge in [-0.2, -0.15) is 0 Å². The number of aliphatic hydroxyl groups is 1. The van der Waals surface area contributed by atoms with Crippen LogP contribution in [-0.4, -0.2) is 34.1 Å². The van der Waals surface area contributed by atoms with Gasteiger partial charge >= 0.3 is 0 Å². The molecule has 2 bridgehead atoms. The molecule has 2 heterocycles. The van der Waals surface area contributed by atoms with Gasteiger partial charge in [-0.3, -0.25) is 4.79 Å². The summed E-state index contributed by atoms with van der Waals surface area (Å²) in [5, 5.41) is 9.81. The molecule has 5 heteroatoms. The van der Waals surface area contributed by atoms with E-state index in [1.54, 1.807) is 0 Å². The van der Waals surface area contributed by atoms with E-state index in [1.807, 2.05) is 36.1 Å². The third-order valence-corrected chi connectivity index (χ3v) is 4.67. The summed E-state index contributed by atoms with van der Waals surface area (Å²) >= 11 is 0. The fourth-order valence-electron chi connectivity index (χ4n) is 3.59. The molecule has 0 radical (unpaired) electrons. The van der Waals surface area contributed by atoms with Gasteiger partial charge in [0, 0.05) is 12.1 Å². The van der Waals surface area contributed by atoms with Crippen molar-refractivity contribution in [2.75, 3.05) is 0 Å². The quantitative estimate of drug-likeness (QED) is 0.877. The number of hydrogen-bond acceptors (Lipinski definition) is 3. The normalized spacial score (nSPS) is 28.9. The first-order valence-electron chi connectivity index (χ1n) is 7.38. The van der Waals surface area contributed by atoms with E-state index in [0.29, 0.717) is 12.8 Å². The van der Waals surface area contributed by atoms with Gasteiger partial charge in [-0.15, -0.1) is 12.4 Å². The fourth-order valence-corrected chi connectivity index (χ4v) is 3.59. The zero-order valence-corrected chi connectivity index (χ0v) is 13.1. The number of aliphatic hydroxyl groups excluding tert-OH is 1. The van der Waals surface area contributed by atoms with Crippen molar-refractivity contribution in [2.45, 2.75) is 56.8 Å². The van der Waals surface area contributed by atoms with Crippen LogP contribution in [0.15, 0.2) is 24.3 Å². The third-order valence-electron chi connectivity index (χ3n) is 4.67. The first-order chi connectivity index (χ1) is 9.56. The van der Waals surface area contributed by atoms with Crippen LogP contribution in [-0.2, 0) is 4.79 Å². The average molecular weight is 311 g/mol. The number of amides is 1. The van der Waals surface area contributed by atoms with Gasteiger partial charge in [0.1, 0.15) is 6.04 Å². The second kappa shape index (κ2) is 6.34. The van der Waals surface area contributed by atoms with E-state index in [4.69, 9.17) is 5.73 Å². The number of rotatable bonds is 2. The van der Waals surface area contributed by atoms with Gasteiger partial charge in [0.25, 0.3) is 0 Å². The molecule has 2 aliphatic rings. The monoisotopic (exact) mass is 310 g/mol. The SMILES string of the molecule is Cc1ccc(C(N)C(=O)N2C3CCC2CC(O)C3)cc1.Cl. The lowest BCUT2D eigenvalue weighted by atomic mass is 9.97. The van der Waals surface area contributed by atoms with Crippen molar-refractivity contribution in [3.63, 3.8) is 0 Å². The second-order valence-corrected chi connectivity index (χ2v) is 6.14. The molecule has 2 fully saturated rings. The van der Waals surface area contributed by atoms with Crippen LogP contribution in [0.5, 0.6) is 0 Å². The predicted octanol–water partition coefficient (Wildman–Crippen LogP) is 1.93. The highest BCUT2D eigenvalue weighted by Crippen LogP contribution is 2.37. The molecule has 0 saturated carbocycles. The van der Waals surface area contributed by atoms with Crippen molar-refractivity contribution < 1.29 is 9.90 Å². The number of carbonyl (C=O) groups excluding carboxylic acids is 1. The molecule has 0 spiro atoms. The van der Waals surface area contributed by atoms with Crippen LogP contribution in [0.1, 0.15) is 42.9 Å². The molecule has 21 heavy (non-hydrogen) atoms. The number of benzene rings is 1. The number of hydrogen-bond donors (Lipinski definition) is 2. The van der Waals surface area contributed by atoms with Crippen molar-refractivity contribution in [1.82, 2.24) is 4.90 Å². The van der Waals surface area contributed by atoms with Crippen molar-refractivity contribution in [3.8, 4) is 0 Å². The molecule has 1 amide bonds. The number of fused-ring (bicyclic) bond motifs is 2. The van der Waals surface area contributed by atoms with Crippen molar-refractivity contribution in [3.05, 3.63) is 35.4 Å². The van der Waals surface area contributed by atoms with E-state index >= 15 is 0 Å². The lowest BCUT2D eigenvalue weighted by Gasteiger charge is -2.38. The number of nitrogens with zero attached hydrogens (tertiary/aromatic N) is 1. The van der Waals surface area contributed by atoms with E-state index in [-0.39, 0.29) is 36.5 Å². The van der Waals surface area contributed by atoms with Gasteiger partial charge in [0.05, 0.1) is 6.10 Å². The molecular formula is C16H23ClN2O2. The van der Waals surface area contributed by atoms with Crippen LogP contribution in [0.25, 0.3) is 0 Å². The largest absolute Gasteiger partial charge is 0.393 e. The van der Waals surface area contributed by atoms with Crippen LogP contribution in [0.3, 0.4) is 0 Å². The number of piperidine rings is 1. The molecular weight excluding hydrogens is 288 g/mol. The van der Waals surface area contributed by atoms with E-state index in [0.717, 1.165) is 24.0 Å². The van der Waals surface area contributed by atoms with Gasteiger partial charge in [0.15, 0.2) is 0 Å². The number of aryl methyl sites for hydroxylation is 1. The third kappa shape index (κ3) is 3.07. The van der Waals surface area contributed by atoms with Gasteiger partial charge in [-0.1, -0.05) is 29.8 Å². The van der Waals surface area contributed by atoms with Crippen LogP contribution >= 0.6 is 12.4 Å². The molecule has 0 aliphatic carbocycles. The average Bonchev–Trinajstić information content (AvgIpc) is 2.70. The topological polar surface area (TPSA) is 66.6 Å². The van der Waals surface area contributed by atoms with Crippen LogP contribution in [0.4, 0.5) is 0 Å². The molecule has 4 nitrogen and oxygen atoms in total. The summed E-state index contributed by atoms with van der Waals surface area (Å²) in [6, 6.07) is 7.58. The Bertz CT molecular complexity index is 492. The summed E-state index contributed by atoms with van der Waals surface area (Å²) < 4.78 is 0. The summed E-state index contributed by atoms with van der Waals surface area (Å²) in [5.74, 6) is 0.00764. The maximum absolute atomic E-state index is 12.7. The van der Waals surface area contributed by atoms with Crippen LogP contribution < -0.4 is 5.73 Å². The highest BCUT2D eigenvalue weighted by Gasteiger charge is 2.44. The molecule has 3 atom stereocenters. The Morgan fingerprint density at radius 1 is 1.24 bits per heavy atom. The molecule has 3 N–H and O–H groups in total. The number of nitrogens with two attached hydrogens (primary N) is 1. The summed E-state index contributed by atoms with van der Waals surface area (Å²) in [6.45, 7) is 2.02. The Balaban J connectivity index is 0.00000161. The smallest absolute Gasteiger partial charge is 0.244 e. The molecule has 0 aromatic heterocycles. The Morgan fingerprint density at radius 2 is 1.76 bits per heavy atom. The number of halogens is 1. The van der Waals surface area contributed by atoms with E-state index in [2.05, 4.69) is 0 Å². The van der Waals surface area contributed by atoms with Gasteiger partial charge in [0.2, 0.25) is 5.91 Å². The number of carbonyl (C=O) groups is 1. The van der Waals surface area contributed by atoms with Crippen LogP contribution in [0, 0.1) is 6.92 Å². The molecule has 116 valence electrons. The summed E-state index contributed by atoms with van der Waals surface area (Å²) in [4.78, 5) is 14.6. The Hall–Kier alpha value is -1.10. The highest BCUT2D eigenvalue weighted by molar-refractivity contribution is 5.85. The predicted molar refractivity (Wildman–Crippen MR) is 84.3 cm³/mol. The van der Waals surface area contributed by atoms with E-state index < -0.39 is 6.04 Å². The summed E-state index contributed by atoms with van der Waals surface area (Å²) in [5.41, 5.74) is 8.18. The van der Waals surface area contributed by atoms with E-state index in [1.165, 1.54) is 0 Å². The Morgan fingerprint density at radius 3 is 2.29 bits per heavy atom. The lowest BCUT2D eigenvalue weighted by molar-refractivity contribution is -0.139. The maximum Gasteiger partial charge on any atom is 0.244 e. The molecule has 3 rings (SSSR count). The standard InChI is InChI=1S/C16H22N2O2.ClH/c1-10-2-4-11(5-3-10)15(17)16(20)18-12-6-7-13(18)9-14(19)8-12;/h2-5,12-15,19H,6-9,17H2,1H3;1H. The van der Waals surface area contributed by atoms with Gasteiger partial charge < -0.3 is 15.7 Å².